The Morgan fingerprint density at radius 1 is 1.25 bits per heavy atom. The van der Waals surface area contributed by atoms with Crippen molar-refractivity contribution in [3.8, 4) is 0 Å². The zero-order chi connectivity index (χ0) is 15.5. The van der Waals surface area contributed by atoms with Crippen molar-refractivity contribution >= 4 is 5.97 Å². The molecule has 116 valence electrons. The minimum absolute atomic E-state index is 0.202. The van der Waals surface area contributed by atoms with Crippen molar-refractivity contribution in [2.75, 3.05) is 6.61 Å². The number of aliphatic hydroxyl groups excluding tert-OH is 1. The van der Waals surface area contributed by atoms with Crippen LogP contribution < -0.4 is 0 Å². The Bertz CT molecular complexity index is 329. The lowest BCUT2D eigenvalue weighted by Crippen LogP contribution is -2.15. The van der Waals surface area contributed by atoms with Crippen LogP contribution in [0.25, 0.3) is 0 Å². The lowest BCUT2D eigenvalue weighted by molar-refractivity contribution is -0.137. The fourth-order valence-electron chi connectivity index (χ4n) is 1.81. The second-order valence-electron chi connectivity index (χ2n) is 5.77. The third-order valence-electron chi connectivity index (χ3n) is 3.28. The first-order valence-corrected chi connectivity index (χ1v) is 7.56. The maximum absolute atomic E-state index is 11.2. The van der Waals surface area contributed by atoms with Gasteiger partial charge >= 0.3 is 5.97 Å². The van der Waals surface area contributed by atoms with Crippen LogP contribution in [-0.4, -0.2) is 23.8 Å². The van der Waals surface area contributed by atoms with Gasteiger partial charge in [-0.2, -0.15) is 0 Å². The van der Waals surface area contributed by atoms with Gasteiger partial charge in [0.2, 0.25) is 0 Å². The van der Waals surface area contributed by atoms with Gasteiger partial charge in [-0.25, -0.2) is 4.79 Å². The largest absolute Gasteiger partial charge is 0.463 e. The molecule has 0 saturated heterocycles. The molecule has 0 rings (SSSR count). The van der Waals surface area contributed by atoms with Crippen molar-refractivity contribution in [1.82, 2.24) is 0 Å². The third-order valence-corrected chi connectivity index (χ3v) is 3.28. The highest BCUT2D eigenvalue weighted by Gasteiger charge is 2.10. The number of carbonyl (C=O) groups excluding carboxylic acids is 1. The molecule has 0 bridgehead atoms. The van der Waals surface area contributed by atoms with Crippen LogP contribution in [0.15, 0.2) is 23.8 Å². The summed E-state index contributed by atoms with van der Waals surface area (Å²) in [6.45, 7) is 10.4. The van der Waals surface area contributed by atoms with E-state index >= 15 is 0 Å². The standard InChI is InChI=1S/C17H30O3/c1-6-20-17(19)12-15(5)9-7-8-14(4)10-11-16(18)13(2)3/h7,9,12-14,16,18H,6,8,10-11H2,1-5H3/b9-7+,15-12+. The molecule has 0 aliphatic heterocycles. The maximum atomic E-state index is 11.2. The van der Waals surface area contributed by atoms with Crippen LogP contribution in [0, 0.1) is 11.8 Å². The van der Waals surface area contributed by atoms with E-state index in [-0.39, 0.29) is 12.1 Å². The van der Waals surface area contributed by atoms with E-state index in [0.29, 0.717) is 18.4 Å². The zero-order valence-corrected chi connectivity index (χ0v) is 13.6. The summed E-state index contributed by atoms with van der Waals surface area (Å²) in [7, 11) is 0. The first kappa shape index (κ1) is 18.9. The van der Waals surface area contributed by atoms with E-state index in [1.54, 1.807) is 6.92 Å². The fraction of sp³-hybridized carbons (Fsp3) is 0.706. The highest BCUT2D eigenvalue weighted by Crippen LogP contribution is 2.16. The molecule has 0 heterocycles. The van der Waals surface area contributed by atoms with Crippen molar-refractivity contribution < 1.29 is 14.6 Å². The lowest BCUT2D eigenvalue weighted by Gasteiger charge is -2.16. The minimum atomic E-state index is -0.289. The molecule has 0 fully saturated rings. The number of ether oxygens (including phenoxy) is 1. The zero-order valence-electron chi connectivity index (χ0n) is 13.6. The summed E-state index contributed by atoms with van der Waals surface area (Å²) in [6, 6.07) is 0. The molecule has 0 radical (unpaired) electrons. The molecule has 0 aliphatic rings. The van der Waals surface area contributed by atoms with E-state index in [9.17, 15) is 9.90 Å². The summed E-state index contributed by atoms with van der Waals surface area (Å²) >= 11 is 0. The number of hydrogen-bond acceptors (Lipinski definition) is 3. The molecule has 0 aromatic rings. The Morgan fingerprint density at radius 2 is 1.90 bits per heavy atom. The first-order chi connectivity index (χ1) is 9.36. The molecule has 0 aromatic heterocycles. The maximum Gasteiger partial charge on any atom is 0.330 e. The summed E-state index contributed by atoms with van der Waals surface area (Å²) in [5.74, 6) is 0.574. The summed E-state index contributed by atoms with van der Waals surface area (Å²) in [5, 5.41) is 9.76. The van der Waals surface area contributed by atoms with E-state index in [0.717, 1.165) is 24.8 Å². The van der Waals surface area contributed by atoms with Crippen molar-refractivity contribution in [3.05, 3.63) is 23.8 Å². The Kier molecular flexibility index (Phi) is 10.1. The lowest BCUT2D eigenvalue weighted by atomic mass is 9.95. The van der Waals surface area contributed by atoms with Gasteiger partial charge in [0.15, 0.2) is 0 Å². The Hall–Kier alpha value is -1.09. The molecule has 3 heteroatoms. The Balaban J connectivity index is 4.02. The van der Waals surface area contributed by atoms with Crippen LogP contribution in [0.2, 0.25) is 0 Å². The van der Waals surface area contributed by atoms with Crippen LogP contribution in [0.4, 0.5) is 0 Å². The average molecular weight is 282 g/mol. The van der Waals surface area contributed by atoms with Crippen LogP contribution in [0.5, 0.6) is 0 Å². The quantitative estimate of drug-likeness (QED) is 0.396. The predicted octanol–water partition coefficient (Wildman–Crippen LogP) is 3.88. The third kappa shape index (κ3) is 9.79. The summed E-state index contributed by atoms with van der Waals surface area (Å²) < 4.78 is 4.85. The van der Waals surface area contributed by atoms with Gasteiger partial charge < -0.3 is 9.84 Å². The number of rotatable bonds is 9. The van der Waals surface area contributed by atoms with Crippen molar-refractivity contribution in [2.24, 2.45) is 11.8 Å². The minimum Gasteiger partial charge on any atom is -0.463 e. The van der Waals surface area contributed by atoms with E-state index in [1.807, 2.05) is 26.8 Å². The molecule has 0 aliphatic carbocycles. The van der Waals surface area contributed by atoms with E-state index in [4.69, 9.17) is 4.74 Å². The number of aliphatic hydroxyl groups is 1. The Morgan fingerprint density at radius 3 is 2.45 bits per heavy atom. The van der Waals surface area contributed by atoms with E-state index in [1.165, 1.54) is 6.08 Å². The second kappa shape index (κ2) is 10.7. The topological polar surface area (TPSA) is 46.5 Å². The summed E-state index contributed by atoms with van der Waals surface area (Å²) in [6.07, 6.45) is 8.16. The van der Waals surface area contributed by atoms with Gasteiger partial charge in [-0.05, 0) is 50.5 Å². The SMILES string of the molecule is CCOC(=O)/C=C(C)/C=C/CC(C)CCC(O)C(C)C. The van der Waals surface area contributed by atoms with Gasteiger partial charge in [-0.1, -0.05) is 32.9 Å². The van der Waals surface area contributed by atoms with Crippen molar-refractivity contribution in [2.45, 2.75) is 60.0 Å². The highest BCUT2D eigenvalue weighted by molar-refractivity contribution is 5.83. The van der Waals surface area contributed by atoms with Gasteiger partial charge in [-0.15, -0.1) is 0 Å². The molecule has 2 atom stereocenters. The number of allylic oxidation sites excluding steroid dienone is 3. The predicted molar refractivity (Wildman–Crippen MR) is 83.4 cm³/mol. The van der Waals surface area contributed by atoms with E-state index in [2.05, 4.69) is 13.0 Å². The van der Waals surface area contributed by atoms with Crippen molar-refractivity contribution in [1.29, 1.82) is 0 Å². The number of carbonyl (C=O) groups is 1. The number of esters is 1. The smallest absolute Gasteiger partial charge is 0.330 e. The number of hydrogen-bond donors (Lipinski definition) is 1. The normalized spacial score (nSPS) is 15.7. The van der Waals surface area contributed by atoms with Gasteiger partial charge in [0, 0.05) is 6.08 Å². The summed E-state index contributed by atoms with van der Waals surface area (Å²) in [5.41, 5.74) is 0.901. The van der Waals surface area contributed by atoms with E-state index < -0.39 is 0 Å². The molecular formula is C17H30O3. The average Bonchev–Trinajstić information content (AvgIpc) is 2.35. The fourth-order valence-corrected chi connectivity index (χ4v) is 1.81. The van der Waals surface area contributed by atoms with Crippen LogP contribution in [-0.2, 0) is 9.53 Å². The molecule has 3 nitrogen and oxygen atoms in total. The van der Waals surface area contributed by atoms with Crippen LogP contribution >= 0.6 is 0 Å². The highest BCUT2D eigenvalue weighted by atomic mass is 16.5. The monoisotopic (exact) mass is 282 g/mol. The van der Waals surface area contributed by atoms with Gasteiger partial charge in [0.1, 0.15) is 0 Å². The molecule has 0 amide bonds. The first-order valence-electron chi connectivity index (χ1n) is 7.56. The second-order valence-corrected chi connectivity index (χ2v) is 5.77. The summed E-state index contributed by atoms with van der Waals surface area (Å²) in [4.78, 5) is 11.2. The molecule has 0 aromatic carbocycles. The van der Waals surface area contributed by atoms with Gasteiger partial charge in [0.25, 0.3) is 0 Å². The van der Waals surface area contributed by atoms with Gasteiger partial charge in [-0.3, -0.25) is 0 Å². The Labute approximate surface area is 123 Å². The molecule has 2 unspecified atom stereocenters. The molecule has 0 saturated carbocycles. The van der Waals surface area contributed by atoms with Crippen LogP contribution in [0.1, 0.15) is 53.9 Å². The van der Waals surface area contributed by atoms with Crippen LogP contribution in [0.3, 0.4) is 0 Å². The molecular weight excluding hydrogens is 252 g/mol. The molecule has 20 heavy (non-hydrogen) atoms. The van der Waals surface area contributed by atoms with Crippen molar-refractivity contribution in [3.63, 3.8) is 0 Å². The molecule has 1 N–H and O–H groups in total. The molecule has 0 spiro atoms. The van der Waals surface area contributed by atoms with Gasteiger partial charge in [0.05, 0.1) is 12.7 Å².